The van der Waals surface area contributed by atoms with Crippen molar-refractivity contribution in [2.45, 2.75) is 70.5 Å². The number of hydrogen-bond donors (Lipinski definition) is 0. The van der Waals surface area contributed by atoms with Gasteiger partial charge in [0.2, 0.25) is 0 Å². The van der Waals surface area contributed by atoms with Crippen molar-refractivity contribution in [3.05, 3.63) is 0 Å². The number of carbonyl (C=O) groups excluding carboxylic acids is 1. The van der Waals surface area contributed by atoms with E-state index in [1.807, 2.05) is 0 Å². The summed E-state index contributed by atoms with van der Waals surface area (Å²) in [5, 5.41) is 0. The van der Waals surface area contributed by atoms with Gasteiger partial charge in [0.25, 0.3) is 0 Å². The van der Waals surface area contributed by atoms with Crippen LogP contribution in [0.25, 0.3) is 0 Å². The van der Waals surface area contributed by atoms with E-state index in [0.717, 1.165) is 38.9 Å². The molecule has 4 rings (SSSR count). The molecule has 0 aromatic rings. The molecule has 0 radical (unpaired) electrons. The maximum absolute atomic E-state index is 12.6. The summed E-state index contributed by atoms with van der Waals surface area (Å²) in [5.41, 5.74) is 0.00965. The summed E-state index contributed by atoms with van der Waals surface area (Å²) in [6, 6.07) is 0. The second-order valence-electron chi connectivity index (χ2n) is 7.60. The Morgan fingerprint density at radius 1 is 1.00 bits per heavy atom. The van der Waals surface area contributed by atoms with Crippen molar-refractivity contribution in [2.75, 3.05) is 13.2 Å². The van der Waals surface area contributed by atoms with Crippen LogP contribution in [0.5, 0.6) is 0 Å². The zero-order valence-corrected chi connectivity index (χ0v) is 12.6. The molecule has 0 aromatic carbocycles. The first-order valence-corrected chi connectivity index (χ1v) is 8.44. The van der Waals surface area contributed by atoms with Crippen LogP contribution < -0.4 is 0 Å². The highest BCUT2D eigenvalue weighted by Gasteiger charge is 2.68. The summed E-state index contributed by atoms with van der Waals surface area (Å²) >= 11 is 0. The molecule has 0 unspecified atom stereocenters. The standard InChI is InChI=1S/C17H26O3/c1-15-9-10-17(19-11-12-20-17)16(7-2-3-8-16)13(15)5-4-6-14(15)18/h13H,2-12H2,1H3/t13-,15+/m1/s1. The molecule has 4 aliphatic rings. The van der Waals surface area contributed by atoms with E-state index >= 15 is 0 Å². The van der Waals surface area contributed by atoms with Gasteiger partial charge in [-0.15, -0.1) is 0 Å². The first kappa shape index (κ1) is 13.3. The van der Waals surface area contributed by atoms with E-state index in [2.05, 4.69) is 6.92 Å². The molecule has 1 saturated heterocycles. The number of Topliss-reactive ketones (excluding diaryl/α,β-unsaturated/α-hetero) is 1. The summed E-state index contributed by atoms with van der Waals surface area (Å²) in [5.74, 6) is 0.629. The third-order valence-electron chi connectivity index (χ3n) is 6.95. The van der Waals surface area contributed by atoms with Gasteiger partial charge in [0.15, 0.2) is 5.79 Å². The minimum atomic E-state index is -0.356. The van der Waals surface area contributed by atoms with Crippen LogP contribution >= 0.6 is 0 Å². The number of ketones is 1. The number of fused-ring (bicyclic) bond motifs is 3. The molecule has 3 nitrogen and oxygen atoms in total. The lowest BCUT2D eigenvalue weighted by atomic mass is 9.47. The molecule has 3 aliphatic carbocycles. The Balaban J connectivity index is 1.80. The van der Waals surface area contributed by atoms with E-state index in [1.54, 1.807) is 0 Å². The molecule has 3 saturated carbocycles. The fourth-order valence-electron chi connectivity index (χ4n) is 6.03. The van der Waals surface area contributed by atoms with E-state index in [0.29, 0.717) is 11.7 Å². The summed E-state index contributed by atoms with van der Waals surface area (Å²) in [6.07, 6.45) is 9.86. The quantitative estimate of drug-likeness (QED) is 0.680. The maximum atomic E-state index is 12.6. The molecule has 3 heteroatoms. The molecular formula is C17H26O3. The van der Waals surface area contributed by atoms with Gasteiger partial charge in [-0.25, -0.2) is 0 Å². The molecule has 4 fully saturated rings. The molecule has 2 spiro atoms. The zero-order chi connectivity index (χ0) is 13.8. The Kier molecular flexibility index (Phi) is 2.85. The van der Waals surface area contributed by atoms with Gasteiger partial charge in [-0.3, -0.25) is 4.79 Å². The topological polar surface area (TPSA) is 35.5 Å². The molecule has 112 valence electrons. The normalized spacial score (nSPS) is 42.2. The molecule has 0 aromatic heterocycles. The van der Waals surface area contributed by atoms with Crippen LogP contribution in [0.15, 0.2) is 0 Å². The van der Waals surface area contributed by atoms with Crippen LogP contribution in [-0.4, -0.2) is 24.8 Å². The van der Waals surface area contributed by atoms with Gasteiger partial charge in [-0.2, -0.15) is 0 Å². The third-order valence-corrected chi connectivity index (χ3v) is 6.95. The highest BCUT2D eigenvalue weighted by Crippen LogP contribution is 2.67. The predicted molar refractivity (Wildman–Crippen MR) is 75.2 cm³/mol. The van der Waals surface area contributed by atoms with Crippen molar-refractivity contribution in [1.82, 2.24) is 0 Å². The van der Waals surface area contributed by atoms with Crippen molar-refractivity contribution >= 4 is 5.78 Å². The lowest BCUT2D eigenvalue weighted by Crippen LogP contribution is -2.62. The minimum absolute atomic E-state index is 0.108. The Labute approximate surface area is 121 Å². The van der Waals surface area contributed by atoms with Crippen LogP contribution in [0, 0.1) is 16.7 Å². The maximum Gasteiger partial charge on any atom is 0.174 e. The van der Waals surface area contributed by atoms with E-state index < -0.39 is 0 Å². The van der Waals surface area contributed by atoms with Gasteiger partial charge in [0.05, 0.1) is 13.2 Å². The van der Waals surface area contributed by atoms with Gasteiger partial charge in [-0.1, -0.05) is 19.8 Å². The Hall–Kier alpha value is -0.410. The van der Waals surface area contributed by atoms with E-state index in [1.165, 1.54) is 32.1 Å². The van der Waals surface area contributed by atoms with E-state index in [4.69, 9.17) is 9.47 Å². The summed E-state index contributed by atoms with van der Waals surface area (Å²) < 4.78 is 12.4. The molecule has 0 amide bonds. The second kappa shape index (κ2) is 4.30. The second-order valence-corrected chi connectivity index (χ2v) is 7.60. The van der Waals surface area contributed by atoms with Gasteiger partial charge in [-0.05, 0) is 38.0 Å². The summed E-state index contributed by atoms with van der Waals surface area (Å²) in [7, 11) is 0. The number of ether oxygens (including phenoxy) is 2. The largest absolute Gasteiger partial charge is 0.347 e. The first-order valence-electron chi connectivity index (χ1n) is 8.44. The molecular weight excluding hydrogens is 252 g/mol. The van der Waals surface area contributed by atoms with Crippen LogP contribution in [-0.2, 0) is 14.3 Å². The average Bonchev–Trinajstić information content (AvgIpc) is 3.08. The Morgan fingerprint density at radius 2 is 1.70 bits per heavy atom. The van der Waals surface area contributed by atoms with Crippen LogP contribution in [0.1, 0.15) is 64.7 Å². The number of carbonyl (C=O) groups is 1. The monoisotopic (exact) mass is 278 g/mol. The van der Waals surface area contributed by atoms with Crippen LogP contribution in [0.4, 0.5) is 0 Å². The lowest BCUT2D eigenvalue weighted by Gasteiger charge is -2.60. The summed E-state index contributed by atoms with van der Waals surface area (Å²) in [4.78, 5) is 12.6. The molecule has 1 heterocycles. The molecule has 2 atom stereocenters. The zero-order valence-electron chi connectivity index (χ0n) is 12.6. The molecule has 0 N–H and O–H groups in total. The fourth-order valence-corrected chi connectivity index (χ4v) is 6.03. The van der Waals surface area contributed by atoms with Crippen molar-refractivity contribution in [3.8, 4) is 0 Å². The SMILES string of the molecule is C[C@]12CCC3(OCCO3)C3(CCCC3)[C@@H]1CCCC2=O. The molecule has 20 heavy (non-hydrogen) atoms. The van der Waals surface area contributed by atoms with Gasteiger partial charge in [0, 0.05) is 23.7 Å². The van der Waals surface area contributed by atoms with Gasteiger partial charge >= 0.3 is 0 Å². The van der Waals surface area contributed by atoms with E-state index in [9.17, 15) is 4.79 Å². The minimum Gasteiger partial charge on any atom is -0.347 e. The number of rotatable bonds is 0. The molecule has 1 aliphatic heterocycles. The highest BCUT2D eigenvalue weighted by atomic mass is 16.7. The van der Waals surface area contributed by atoms with Crippen LogP contribution in [0.2, 0.25) is 0 Å². The molecule has 0 bridgehead atoms. The van der Waals surface area contributed by atoms with Crippen molar-refractivity contribution in [3.63, 3.8) is 0 Å². The van der Waals surface area contributed by atoms with E-state index in [-0.39, 0.29) is 16.6 Å². The van der Waals surface area contributed by atoms with Crippen molar-refractivity contribution in [1.29, 1.82) is 0 Å². The lowest BCUT2D eigenvalue weighted by molar-refractivity contribution is -0.292. The van der Waals surface area contributed by atoms with Gasteiger partial charge in [0.1, 0.15) is 5.78 Å². The fraction of sp³-hybridized carbons (Fsp3) is 0.941. The number of hydrogen-bond acceptors (Lipinski definition) is 3. The Morgan fingerprint density at radius 3 is 2.40 bits per heavy atom. The smallest absolute Gasteiger partial charge is 0.174 e. The average molecular weight is 278 g/mol. The van der Waals surface area contributed by atoms with Crippen molar-refractivity contribution in [2.24, 2.45) is 16.7 Å². The predicted octanol–water partition coefficient (Wildman–Crippen LogP) is 3.46. The van der Waals surface area contributed by atoms with Crippen molar-refractivity contribution < 1.29 is 14.3 Å². The summed E-state index contributed by atoms with van der Waals surface area (Å²) in [6.45, 7) is 3.71. The van der Waals surface area contributed by atoms with Crippen LogP contribution in [0.3, 0.4) is 0 Å². The first-order chi connectivity index (χ1) is 9.63. The highest BCUT2D eigenvalue weighted by molar-refractivity contribution is 5.85. The Bertz CT molecular complexity index is 418. The third kappa shape index (κ3) is 1.46. The van der Waals surface area contributed by atoms with Gasteiger partial charge < -0.3 is 9.47 Å².